The zero-order chi connectivity index (χ0) is 21.7. The molecule has 6 nitrogen and oxygen atoms in total. The molecule has 0 radical (unpaired) electrons. The summed E-state index contributed by atoms with van der Waals surface area (Å²) in [4.78, 5) is 13.2. The molecule has 0 amide bonds. The van der Waals surface area contributed by atoms with Gasteiger partial charge in [-0.25, -0.2) is 9.97 Å². The number of anilines is 1. The Morgan fingerprint density at radius 1 is 1.13 bits per heavy atom. The number of thiophene rings is 1. The zero-order valence-electron chi connectivity index (χ0n) is 17.5. The van der Waals surface area contributed by atoms with Crippen molar-refractivity contribution in [2.45, 2.75) is 38.4 Å². The topological polar surface area (TPSA) is 50.1 Å². The average Bonchev–Trinajstić information content (AvgIpc) is 3.26. The summed E-state index contributed by atoms with van der Waals surface area (Å²) in [5.41, 5.74) is 1.34. The summed E-state index contributed by atoms with van der Waals surface area (Å²) in [5.74, 6) is 0.639. The van der Waals surface area contributed by atoms with Crippen LogP contribution in [0.15, 0.2) is 24.8 Å². The second-order valence-electron chi connectivity index (χ2n) is 7.67. The van der Waals surface area contributed by atoms with Gasteiger partial charge in [0.2, 0.25) is 0 Å². The molecule has 4 heterocycles. The Labute approximate surface area is 178 Å². The number of halogens is 3. The van der Waals surface area contributed by atoms with Gasteiger partial charge in [0.15, 0.2) is 0 Å². The first-order valence-corrected chi connectivity index (χ1v) is 10.7. The first-order valence-electron chi connectivity index (χ1n) is 9.88. The molecule has 10 heteroatoms. The Kier molecular flexibility index (Phi) is 7.30. The maximum atomic E-state index is 12.3. The van der Waals surface area contributed by atoms with E-state index < -0.39 is 12.6 Å². The van der Waals surface area contributed by atoms with E-state index in [1.54, 1.807) is 19.0 Å². The molecule has 4 rings (SSSR count). The molecule has 0 atom stereocenters. The van der Waals surface area contributed by atoms with Crippen molar-refractivity contribution in [3.05, 3.63) is 35.2 Å². The van der Waals surface area contributed by atoms with Crippen molar-refractivity contribution in [2.75, 3.05) is 32.1 Å². The number of hydrogen-bond acceptors (Lipinski definition) is 6. The van der Waals surface area contributed by atoms with Gasteiger partial charge in [0.05, 0.1) is 18.0 Å². The molecule has 3 aromatic heterocycles. The molecule has 0 N–H and O–H groups in total. The Hall–Kier alpha value is -2.20. The van der Waals surface area contributed by atoms with E-state index in [2.05, 4.69) is 26.2 Å². The van der Waals surface area contributed by atoms with Crippen LogP contribution in [0.2, 0.25) is 0 Å². The van der Waals surface area contributed by atoms with Crippen molar-refractivity contribution in [1.82, 2.24) is 24.6 Å². The molecule has 0 unspecified atom stereocenters. The standard InChI is InChI=1S/C10H10F3N3S.C10H17N3/c1-16(2)8-7-3-6(4-10(11,12)13)17-9(7)15-5-14-8;1-12-8-10(7-11-12)9-13-5-3-2-4-6-13/h3,5H,4H2,1-2H3;7-8H,2-6,9H2,1H3. The SMILES string of the molecule is CN(C)c1ncnc2sc(CC(F)(F)F)cc12.Cn1cc(CN2CCCCC2)cn1. The summed E-state index contributed by atoms with van der Waals surface area (Å²) in [7, 11) is 5.56. The highest BCUT2D eigenvalue weighted by molar-refractivity contribution is 7.18. The lowest BCUT2D eigenvalue weighted by atomic mass is 10.1. The predicted octanol–water partition coefficient (Wildman–Crippen LogP) is 4.27. The fourth-order valence-corrected chi connectivity index (χ4v) is 4.48. The summed E-state index contributed by atoms with van der Waals surface area (Å²) in [6.45, 7) is 3.59. The van der Waals surface area contributed by atoms with Gasteiger partial charge in [0, 0.05) is 44.3 Å². The van der Waals surface area contributed by atoms with E-state index in [0.29, 0.717) is 16.0 Å². The summed E-state index contributed by atoms with van der Waals surface area (Å²) in [6, 6.07) is 1.52. The summed E-state index contributed by atoms with van der Waals surface area (Å²) in [6.07, 6.45) is 4.46. The maximum absolute atomic E-state index is 12.3. The second-order valence-corrected chi connectivity index (χ2v) is 8.79. The van der Waals surface area contributed by atoms with Gasteiger partial charge in [-0.3, -0.25) is 9.58 Å². The van der Waals surface area contributed by atoms with Crippen molar-refractivity contribution >= 4 is 27.4 Å². The average molecular weight is 441 g/mol. The first kappa shape index (κ1) is 22.5. The molecule has 1 fully saturated rings. The van der Waals surface area contributed by atoms with Crippen LogP contribution in [0.3, 0.4) is 0 Å². The summed E-state index contributed by atoms with van der Waals surface area (Å²) >= 11 is 1.06. The number of alkyl halides is 3. The number of aromatic nitrogens is 4. The molecule has 0 bridgehead atoms. The molecule has 1 aliphatic rings. The molecule has 1 aliphatic heterocycles. The Bertz CT molecular complexity index is 944. The number of hydrogen-bond donors (Lipinski definition) is 0. The van der Waals surface area contributed by atoms with Crippen molar-refractivity contribution in [2.24, 2.45) is 7.05 Å². The molecule has 30 heavy (non-hydrogen) atoms. The highest BCUT2D eigenvalue weighted by Gasteiger charge is 2.29. The normalized spacial score (nSPS) is 15.1. The van der Waals surface area contributed by atoms with Gasteiger partial charge in [0.25, 0.3) is 0 Å². The Morgan fingerprint density at radius 2 is 1.87 bits per heavy atom. The van der Waals surface area contributed by atoms with Gasteiger partial charge in [-0.2, -0.15) is 18.3 Å². The van der Waals surface area contributed by atoms with Crippen LogP contribution in [0.4, 0.5) is 19.0 Å². The maximum Gasteiger partial charge on any atom is 0.393 e. The largest absolute Gasteiger partial charge is 0.393 e. The van der Waals surface area contributed by atoms with Gasteiger partial charge >= 0.3 is 6.18 Å². The van der Waals surface area contributed by atoms with Crippen LogP contribution in [0, 0.1) is 0 Å². The van der Waals surface area contributed by atoms with E-state index >= 15 is 0 Å². The van der Waals surface area contributed by atoms with E-state index in [4.69, 9.17) is 0 Å². The molecule has 0 saturated carbocycles. The fourth-order valence-electron chi connectivity index (χ4n) is 3.46. The fraction of sp³-hybridized carbons (Fsp3) is 0.550. The van der Waals surface area contributed by atoms with Crippen molar-refractivity contribution in [1.29, 1.82) is 0 Å². The number of piperidine rings is 1. The van der Waals surface area contributed by atoms with Crippen LogP contribution in [-0.2, 0) is 20.0 Å². The summed E-state index contributed by atoms with van der Waals surface area (Å²) in [5, 5.41) is 4.84. The molecule has 0 aliphatic carbocycles. The minimum atomic E-state index is -4.19. The van der Waals surface area contributed by atoms with Crippen molar-refractivity contribution < 1.29 is 13.2 Å². The van der Waals surface area contributed by atoms with E-state index in [1.807, 2.05) is 17.9 Å². The molecule has 164 valence electrons. The smallest absolute Gasteiger partial charge is 0.362 e. The third-order valence-electron chi connectivity index (χ3n) is 4.77. The van der Waals surface area contributed by atoms with Crippen molar-refractivity contribution in [3.63, 3.8) is 0 Å². The van der Waals surface area contributed by atoms with E-state index in [9.17, 15) is 13.2 Å². The predicted molar refractivity (Wildman–Crippen MR) is 114 cm³/mol. The minimum Gasteiger partial charge on any atom is -0.362 e. The second kappa shape index (κ2) is 9.74. The van der Waals surface area contributed by atoms with Gasteiger partial charge < -0.3 is 4.90 Å². The number of rotatable bonds is 4. The molecular formula is C20H27F3N6S. The van der Waals surface area contributed by atoms with Gasteiger partial charge in [-0.05, 0) is 32.0 Å². The molecule has 1 saturated heterocycles. The molecule has 0 spiro atoms. The van der Waals surface area contributed by atoms with Crippen LogP contribution >= 0.6 is 11.3 Å². The molecule has 3 aromatic rings. The number of likely N-dealkylation sites (tertiary alicyclic amines) is 1. The quantitative estimate of drug-likeness (QED) is 0.607. The van der Waals surface area contributed by atoms with Crippen LogP contribution < -0.4 is 4.90 Å². The van der Waals surface area contributed by atoms with E-state index in [0.717, 1.165) is 17.9 Å². The number of nitrogens with zero attached hydrogens (tertiary/aromatic N) is 6. The van der Waals surface area contributed by atoms with Gasteiger partial charge in [0.1, 0.15) is 17.0 Å². The highest BCUT2D eigenvalue weighted by atomic mass is 32.1. The monoisotopic (exact) mass is 440 g/mol. The van der Waals surface area contributed by atoms with E-state index in [1.165, 1.54) is 50.3 Å². The lowest BCUT2D eigenvalue weighted by molar-refractivity contribution is -0.126. The Balaban J connectivity index is 0.000000177. The van der Waals surface area contributed by atoms with Crippen molar-refractivity contribution in [3.8, 4) is 0 Å². The Morgan fingerprint density at radius 3 is 2.47 bits per heavy atom. The van der Waals surface area contributed by atoms with Gasteiger partial charge in [-0.15, -0.1) is 11.3 Å². The van der Waals surface area contributed by atoms with Crippen LogP contribution in [0.5, 0.6) is 0 Å². The minimum absolute atomic E-state index is 0.260. The number of aryl methyl sites for hydroxylation is 1. The van der Waals surface area contributed by atoms with E-state index in [-0.39, 0.29) is 4.88 Å². The first-order chi connectivity index (χ1) is 14.2. The van der Waals surface area contributed by atoms with Crippen LogP contribution in [0.1, 0.15) is 29.7 Å². The van der Waals surface area contributed by atoms with Gasteiger partial charge in [-0.1, -0.05) is 6.42 Å². The van der Waals surface area contributed by atoms with Crippen LogP contribution in [-0.4, -0.2) is 58.0 Å². The van der Waals surface area contributed by atoms with Crippen LogP contribution in [0.25, 0.3) is 10.2 Å². The summed E-state index contributed by atoms with van der Waals surface area (Å²) < 4.78 is 38.7. The number of fused-ring (bicyclic) bond motifs is 1. The lowest BCUT2D eigenvalue weighted by Crippen LogP contribution is -2.28. The third-order valence-corrected chi connectivity index (χ3v) is 5.81. The lowest BCUT2D eigenvalue weighted by Gasteiger charge is -2.25. The molecule has 0 aromatic carbocycles. The third kappa shape index (κ3) is 6.40. The zero-order valence-corrected chi connectivity index (χ0v) is 18.3. The highest BCUT2D eigenvalue weighted by Crippen LogP contribution is 2.32. The molecular weight excluding hydrogens is 413 g/mol.